The molecule has 0 aliphatic carbocycles. The van der Waals surface area contributed by atoms with Crippen molar-refractivity contribution in [3.63, 3.8) is 0 Å². The van der Waals surface area contributed by atoms with Crippen LogP contribution in [0.4, 0.5) is 4.39 Å². The first kappa shape index (κ1) is 26.2. The normalized spacial score (nSPS) is 24.8. The largest absolute Gasteiger partial charge is 0.463 e. The van der Waals surface area contributed by atoms with E-state index in [0.717, 1.165) is 25.6 Å². The molecular weight excluding hydrogens is 537 g/mol. The van der Waals surface area contributed by atoms with Crippen LogP contribution in [0.5, 0.6) is 0 Å². The summed E-state index contributed by atoms with van der Waals surface area (Å²) in [5, 5.41) is 3.50. The molecule has 0 bridgehead atoms. The summed E-state index contributed by atoms with van der Waals surface area (Å²) in [6.45, 7) is 3.13. The Hall–Kier alpha value is -2.05. The van der Waals surface area contributed by atoms with Crippen molar-refractivity contribution in [3.05, 3.63) is 37.9 Å². The Morgan fingerprint density at radius 3 is 2.38 bits per heavy atom. The molecule has 2 rings (SSSR count). The zero-order valence-electron chi connectivity index (χ0n) is 17.0. The number of hydrogen-bond acceptors (Lipinski definition) is 9. The van der Waals surface area contributed by atoms with E-state index in [2.05, 4.69) is 26.0 Å². The number of hydrogen-bond donors (Lipinski definition) is 0. The molecule has 1 aromatic rings. The molecule has 1 aromatic carbocycles. The molecule has 1 heterocycles. The summed E-state index contributed by atoms with van der Waals surface area (Å²) in [5.74, 6) is -2.70. The van der Waals surface area contributed by atoms with E-state index < -0.39 is 53.5 Å². The Labute approximate surface area is 199 Å². The summed E-state index contributed by atoms with van der Waals surface area (Å²) in [6, 6.07) is 1.56. The smallest absolute Gasteiger partial charge is 0.303 e. The fourth-order valence-corrected chi connectivity index (χ4v) is 5.10. The number of benzene rings is 1. The number of esters is 3. The van der Waals surface area contributed by atoms with E-state index in [-0.39, 0.29) is 16.1 Å². The highest BCUT2D eigenvalue weighted by Crippen LogP contribution is 2.39. The van der Waals surface area contributed by atoms with Gasteiger partial charge in [0.05, 0.1) is 9.50 Å². The van der Waals surface area contributed by atoms with Crippen LogP contribution in [-0.2, 0) is 33.3 Å². The summed E-state index contributed by atoms with van der Waals surface area (Å²) in [7, 11) is 0. The Bertz CT molecular complexity index is 926. The molecule has 0 spiro atoms. The van der Waals surface area contributed by atoms with Crippen molar-refractivity contribution in [3.8, 4) is 0 Å². The van der Waals surface area contributed by atoms with Crippen LogP contribution in [0.2, 0.25) is 5.02 Å². The van der Waals surface area contributed by atoms with Gasteiger partial charge in [0.25, 0.3) is 0 Å². The SMILES string of the molecule is CC(=O)OCC1O[C@H](Sc2cc(Cl)c(F)c(Br)c2)[C@@H](OC(C)=O)C(N=[N+]=[N-])[C@H]1OC(C)=O. The van der Waals surface area contributed by atoms with Gasteiger partial charge in [0.2, 0.25) is 0 Å². The molecule has 0 aromatic heterocycles. The van der Waals surface area contributed by atoms with Crippen molar-refractivity contribution in [1.29, 1.82) is 0 Å². The standard InChI is InChI=1S/C18H18BrClFN3O7S/c1-7(25)28-6-13-16(29-8(2)26)15(23-24-22)17(30-9(3)27)18(31-13)32-10-4-11(19)14(21)12(20)5-10/h4-5,13,15-18H,6H2,1-3H3/t13?,15?,16-,17-,18+/m0/s1. The molecular formula is C18H18BrClFN3O7S. The molecule has 1 aliphatic rings. The molecule has 10 nitrogen and oxygen atoms in total. The number of carbonyl (C=O) groups excluding carboxylic acids is 3. The minimum absolute atomic E-state index is 0.0909. The molecule has 0 saturated carbocycles. The average molecular weight is 555 g/mol. The van der Waals surface area contributed by atoms with Gasteiger partial charge in [-0.3, -0.25) is 14.4 Å². The Balaban J connectivity index is 2.48. The van der Waals surface area contributed by atoms with Gasteiger partial charge >= 0.3 is 17.9 Å². The molecule has 1 fully saturated rings. The predicted molar refractivity (Wildman–Crippen MR) is 114 cm³/mol. The maximum atomic E-state index is 13.9. The topological polar surface area (TPSA) is 137 Å². The number of halogens is 3. The van der Waals surface area contributed by atoms with Gasteiger partial charge in [-0.1, -0.05) is 28.5 Å². The van der Waals surface area contributed by atoms with Crippen LogP contribution < -0.4 is 0 Å². The lowest BCUT2D eigenvalue weighted by atomic mass is 9.97. The molecule has 0 radical (unpaired) electrons. The Morgan fingerprint density at radius 1 is 1.22 bits per heavy atom. The summed E-state index contributed by atoms with van der Waals surface area (Å²) in [4.78, 5) is 38.0. The third-order valence-corrected chi connectivity index (χ3v) is 6.04. The van der Waals surface area contributed by atoms with Crippen molar-refractivity contribution >= 4 is 57.2 Å². The van der Waals surface area contributed by atoms with E-state index in [0.29, 0.717) is 4.90 Å². The fraction of sp³-hybridized carbons (Fsp3) is 0.500. The molecule has 1 aliphatic heterocycles. The highest BCUT2D eigenvalue weighted by Gasteiger charge is 2.50. The van der Waals surface area contributed by atoms with Crippen molar-refractivity contribution < 1.29 is 37.7 Å². The minimum Gasteiger partial charge on any atom is -0.463 e. The van der Waals surface area contributed by atoms with E-state index in [1.54, 1.807) is 0 Å². The lowest BCUT2D eigenvalue weighted by Crippen LogP contribution is -2.59. The number of azide groups is 1. The Morgan fingerprint density at radius 2 is 1.84 bits per heavy atom. The fourth-order valence-electron chi connectivity index (χ4n) is 2.90. The van der Waals surface area contributed by atoms with Crippen LogP contribution in [0, 0.1) is 5.82 Å². The molecule has 0 N–H and O–H groups in total. The summed E-state index contributed by atoms with van der Waals surface area (Å²) in [5.41, 5.74) is 8.07. The number of rotatable bonds is 7. The van der Waals surface area contributed by atoms with Crippen LogP contribution in [-0.4, -0.2) is 54.3 Å². The third-order valence-electron chi connectivity index (χ3n) is 4.07. The van der Waals surface area contributed by atoms with Crippen molar-refractivity contribution in [2.24, 2.45) is 5.11 Å². The lowest BCUT2D eigenvalue weighted by Gasteiger charge is -2.43. The van der Waals surface area contributed by atoms with Gasteiger partial charge in [-0.2, -0.15) is 0 Å². The summed E-state index contributed by atoms with van der Waals surface area (Å²) in [6.07, 6.45) is -3.47. The zero-order chi connectivity index (χ0) is 24.0. The highest BCUT2D eigenvalue weighted by molar-refractivity contribution is 9.10. The Kier molecular flexibility index (Phi) is 9.59. The van der Waals surface area contributed by atoms with Crippen LogP contribution in [0.1, 0.15) is 20.8 Å². The maximum absolute atomic E-state index is 13.9. The van der Waals surface area contributed by atoms with Crippen LogP contribution in [0.3, 0.4) is 0 Å². The second-order valence-electron chi connectivity index (χ2n) is 6.51. The van der Waals surface area contributed by atoms with Crippen LogP contribution >= 0.6 is 39.3 Å². The van der Waals surface area contributed by atoms with Gasteiger partial charge in [-0.15, -0.1) is 0 Å². The van der Waals surface area contributed by atoms with Crippen molar-refractivity contribution in [2.45, 2.75) is 55.5 Å². The monoisotopic (exact) mass is 553 g/mol. The average Bonchev–Trinajstić information content (AvgIpc) is 2.68. The summed E-state index contributed by atoms with van der Waals surface area (Å²) >= 11 is 9.96. The highest BCUT2D eigenvalue weighted by atomic mass is 79.9. The third kappa shape index (κ3) is 6.97. The number of thioether (sulfide) groups is 1. The van der Waals surface area contributed by atoms with E-state index in [1.807, 2.05) is 0 Å². The molecule has 2 unspecified atom stereocenters. The van der Waals surface area contributed by atoms with E-state index in [9.17, 15) is 18.8 Å². The van der Waals surface area contributed by atoms with Crippen LogP contribution in [0.15, 0.2) is 26.6 Å². The molecule has 14 heteroatoms. The maximum Gasteiger partial charge on any atom is 0.303 e. The number of carbonyl (C=O) groups is 3. The first-order valence-corrected chi connectivity index (χ1v) is 11.1. The molecule has 1 saturated heterocycles. The van der Waals surface area contributed by atoms with Crippen molar-refractivity contribution in [2.75, 3.05) is 6.61 Å². The van der Waals surface area contributed by atoms with E-state index in [4.69, 9.17) is 36.1 Å². The van der Waals surface area contributed by atoms with Crippen LogP contribution in [0.25, 0.3) is 10.4 Å². The van der Waals surface area contributed by atoms with Crippen molar-refractivity contribution in [1.82, 2.24) is 0 Å². The van der Waals surface area contributed by atoms with Gasteiger partial charge < -0.3 is 18.9 Å². The van der Waals surface area contributed by atoms with E-state index >= 15 is 0 Å². The lowest BCUT2D eigenvalue weighted by molar-refractivity contribution is -0.201. The van der Waals surface area contributed by atoms with Gasteiger partial charge in [0.15, 0.2) is 5.82 Å². The van der Waals surface area contributed by atoms with Gasteiger partial charge in [0, 0.05) is 30.6 Å². The van der Waals surface area contributed by atoms with E-state index in [1.165, 1.54) is 19.1 Å². The quantitative estimate of drug-likeness (QED) is 0.122. The zero-order valence-corrected chi connectivity index (χ0v) is 20.1. The number of nitrogens with zero attached hydrogens (tertiary/aromatic N) is 3. The second kappa shape index (κ2) is 11.7. The molecule has 0 amide bonds. The molecule has 174 valence electrons. The summed E-state index contributed by atoms with van der Waals surface area (Å²) < 4.78 is 35.5. The molecule has 5 atom stereocenters. The second-order valence-corrected chi connectivity index (χ2v) is 8.94. The first-order valence-electron chi connectivity index (χ1n) is 9.02. The first-order chi connectivity index (χ1) is 15.0. The minimum atomic E-state index is -1.22. The number of ether oxygens (including phenoxy) is 4. The van der Waals surface area contributed by atoms with Gasteiger partial charge in [-0.05, 0) is 33.6 Å². The molecule has 32 heavy (non-hydrogen) atoms. The van der Waals surface area contributed by atoms with Gasteiger partial charge in [0.1, 0.15) is 36.4 Å². The van der Waals surface area contributed by atoms with Gasteiger partial charge in [-0.25, -0.2) is 4.39 Å². The predicted octanol–water partition coefficient (Wildman–Crippen LogP) is 4.16.